The smallest absolute Gasteiger partial charge is 0.282 e. The van der Waals surface area contributed by atoms with E-state index in [1.807, 2.05) is 0 Å². The van der Waals surface area contributed by atoms with Crippen molar-refractivity contribution < 1.29 is 13.9 Å². The molecule has 0 aliphatic carbocycles. The Kier molecular flexibility index (Phi) is 5.23. The molecule has 0 bridgehead atoms. The maximum absolute atomic E-state index is 12.7. The summed E-state index contributed by atoms with van der Waals surface area (Å²) in [5, 5.41) is 15.3. The fourth-order valence-corrected chi connectivity index (χ4v) is 1.87. The molecule has 1 aliphatic heterocycles. The molecule has 1 unspecified atom stereocenters. The Bertz CT molecular complexity index is 559. The highest BCUT2D eigenvalue weighted by atomic mass is 19.1. The minimum atomic E-state index is -0.567. The predicted molar refractivity (Wildman–Crippen MR) is 75.1 cm³/mol. The number of hydrogen-bond acceptors (Lipinski definition) is 5. The van der Waals surface area contributed by atoms with Crippen molar-refractivity contribution in [2.75, 3.05) is 18.6 Å². The molecule has 2 rings (SSSR count). The third kappa shape index (κ3) is 4.54. The van der Waals surface area contributed by atoms with E-state index >= 15 is 0 Å². The fraction of sp³-hybridized carbons (Fsp3) is 0.357. The lowest BCUT2D eigenvalue weighted by Crippen LogP contribution is -2.36. The molecule has 2 N–H and O–H groups in total. The van der Waals surface area contributed by atoms with Gasteiger partial charge in [0.25, 0.3) is 5.91 Å². The minimum absolute atomic E-state index is 0.000972. The second-order valence-corrected chi connectivity index (χ2v) is 4.54. The van der Waals surface area contributed by atoms with Gasteiger partial charge >= 0.3 is 0 Å². The number of benzene rings is 1. The van der Waals surface area contributed by atoms with Crippen molar-refractivity contribution in [1.82, 2.24) is 5.32 Å². The first kappa shape index (κ1) is 14.9. The Balaban J connectivity index is 1.88. The molecule has 1 amide bonds. The summed E-state index contributed by atoms with van der Waals surface area (Å²) in [6.45, 7) is 1.06. The lowest BCUT2D eigenvalue weighted by Gasteiger charge is -2.09. The van der Waals surface area contributed by atoms with Crippen LogP contribution in [0.5, 0.6) is 0 Å². The lowest BCUT2D eigenvalue weighted by molar-refractivity contribution is -0.115. The summed E-state index contributed by atoms with van der Waals surface area (Å²) in [4.78, 5) is 11.8. The third-order valence-electron chi connectivity index (χ3n) is 2.98. The molecule has 0 aromatic heterocycles. The molecule has 1 aliphatic rings. The lowest BCUT2D eigenvalue weighted by atomic mass is 10.2. The van der Waals surface area contributed by atoms with Crippen molar-refractivity contribution >= 4 is 17.3 Å². The Hall–Kier alpha value is -2.46. The van der Waals surface area contributed by atoms with Gasteiger partial charge in [-0.1, -0.05) is 0 Å². The van der Waals surface area contributed by atoms with Crippen molar-refractivity contribution in [3.63, 3.8) is 0 Å². The van der Waals surface area contributed by atoms with Crippen LogP contribution < -0.4 is 10.7 Å². The van der Waals surface area contributed by atoms with Gasteiger partial charge in [-0.3, -0.25) is 10.2 Å². The average molecular weight is 290 g/mol. The van der Waals surface area contributed by atoms with E-state index in [0.717, 1.165) is 12.8 Å². The fourth-order valence-electron chi connectivity index (χ4n) is 1.87. The first-order valence-electron chi connectivity index (χ1n) is 6.58. The molecule has 7 heteroatoms. The predicted octanol–water partition coefficient (Wildman–Crippen LogP) is 1.41. The summed E-state index contributed by atoms with van der Waals surface area (Å²) < 4.78 is 18.1. The topological polar surface area (TPSA) is 86.5 Å². The zero-order valence-corrected chi connectivity index (χ0v) is 11.3. The van der Waals surface area contributed by atoms with Crippen molar-refractivity contribution in [2.24, 2.45) is 5.10 Å². The van der Waals surface area contributed by atoms with E-state index in [-0.39, 0.29) is 17.6 Å². The number of ether oxygens (including phenoxy) is 1. The summed E-state index contributed by atoms with van der Waals surface area (Å²) in [5.41, 5.74) is 2.73. The minimum Gasteiger partial charge on any atom is -0.376 e. The molecule has 21 heavy (non-hydrogen) atoms. The van der Waals surface area contributed by atoms with E-state index < -0.39 is 5.91 Å². The van der Waals surface area contributed by atoms with E-state index in [1.165, 1.54) is 24.3 Å². The summed E-state index contributed by atoms with van der Waals surface area (Å²) in [6, 6.07) is 7.14. The van der Waals surface area contributed by atoms with Crippen molar-refractivity contribution in [2.45, 2.75) is 18.9 Å². The van der Waals surface area contributed by atoms with Crippen LogP contribution in [0, 0.1) is 17.1 Å². The Labute approximate surface area is 121 Å². The van der Waals surface area contributed by atoms with E-state index in [0.29, 0.717) is 18.8 Å². The first-order chi connectivity index (χ1) is 10.2. The van der Waals surface area contributed by atoms with Crippen LogP contribution in [0.25, 0.3) is 0 Å². The molecule has 1 heterocycles. The van der Waals surface area contributed by atoms with Gasteiger partial charge in [0.15, 0.2) is 0 Å². The van der Waals surface area contributed by atoms with E-state index in [4.69, 9.17) is 10.00 Å². The van der Waals surface area contributed by atoms with Crippen LogP contribution in [0.4, 0.5) is 10.1 Å². The van der Waals surface area contributed by atoms with Crippen molar-refractivity contribution in [3.8, 4) is 6.07 Å². The van der Waals surface area contributed by atoms with Gasteiger partial charge in [0.1, 0.15) is 11.9 Å². The molecule has 0 spiro atoms. The number of rotatable bonds is 5. The zero-order chi connectivity index (χ0) is 15.1. The van der Waals surface area contributed by atoms with Crippen LogP contribution in [-0.4, -0.2) is 30.9 Å². The quantitative estimate of drug-likeness (QED) is 0.634. The van der Waals surface area contributed by atoms with Gasteiger partial charge in [0.05, 0.1) is 11.8 Å². The van der Waals surface area contributed by atoms with Crippen LogP contribution in [0.1, 0.15) is 12.8 Å². The van der Waals surface area contributed by atoms with Gasteiger partial charge in [0, 0.05) is 13.2 Å². The summed E-state index contributed by atoms with van der Waals surface area (Å²) >= 11 is 0. The normalized spacial score (nSPS) is 18.1. The molecule has 1 aromatic rings. The van der Waals surface area contributed by atoms with Gasteiger partial charge in [-0.05, 0) is 37.1 Å². The zero-order valence-electron chi connectivity index (χ0n) is 11.3. The second kappa shape index (κ2) is 7.36. The number of anilines is 1. The number of carbonyl (C=O) groups excluding carboxylic acids is 1. The molecule has 0 radical (unpaired) electrons. The maximum atomic E-state index is 12.7. The maximum Gasteiger partial charge on any atom is 0.282 e. The van der Waals surface area contributed by atoms with Gasteiger partial charge in [-0.2, -0.15) is 10.4 Å². The number of hydrogen-bond donors (Lipinski definition) is 2. The molecule has 1 saturated heterocycles. The van der Waals surface area contributed by atoms with E-state index in [1.54, 1.807) is 6.07 Å². The monoisotopic (exact) mass is 290 g/mol. The third-order valence-corrected chi connectivity index (χ3v) is 2.98. The van der Waals surface area contributed by atoms with Crippen LogP contribution in [0.15, 0.2) is 29.4 Å². The standard InChI is InChI=1S/C14H15FN4O2/c15-10-3-5-11(6-4-10)18-19-13(8-16)14(20)17-9-12-2-1-7-21-12/h3-6,12,18H,1-2,7,9H2,(H,17,20)/b19-13+. The Morgan fingerprint density at radius 2 is 2.24 bits per heavy atom. The highest BCUT2D eigenvalue weighted by molar-refractivity contribution is 6.45. The van der Waals surface area contributed by atoms with Crippen LogP contribution in [-0.2, 0) is 9.53 Å². The number of hydrazone groups is 1. The number of nitriles is 1. The first-order valence-corrected chi connectivity index (χ1v) is 6.58. The number of halogens is 1. The molecule has 1 aromatic carbocycles. The summed E-state index contributed by atoms with van der Waals surface area (Å²) in [7, 11) is 0. The number of nitrogens with one attached hydrogen (secondary N) is 2. The molecule has 1 atom stereocenters. The SMILES string of the molecule is N#C/C(=N\Nc1ccc(F)cc1)C(=O)NCC1CCCO1. The highest BCUT2D eigenvalue weighted by Gasteiger charge is 2.18. The molecule has 0 saturated carbocycles. The summed E-state index contributed by atoms with van der Waals surface area (Å²) in [5.74, 6) is -0.943. The second-order valence-electron chi connectivity index (χ2n) is 4.54. The van der Waals surface area contributed by atoms with Gasteiger partial charge in [-0.25, -0.2) is 4.39 Å². The van der Waals surface area contributed by atoms with E-state index in [2.05, 4.69) is 15.8 Å². The molecule has 110 valence electrons. The molecular weight excluding hydrogens is 275 g/mol. The van der Waals surface area contributed by atoms with Gasteiger partial charge < -0.3 is 10.1 Å². The number of amides is 1. The largest absolute Gasteiger partial charge is 0.376 e. The van der Waals surface area contributed by atoms with E-state index in [9.17, 15) is 9.18 Å². The molecule has 6 nitrogen and oxygen atoms in total. The number of nitrogens with zero attached hydrogens (tertiary/aromatic N) is 2. The van der Waals surface area contributed by atoms with Gasteiger partial charge in [0.2, 0.25) is 5.71 Å². The van der Waals surface area contributed by atoms with Crippen molar-refractivity contribution in [1.29, 1.82) is 5.26 Å². The van der Waals surface area contributed by atoms with Crippen LogP contribution >= 0.6 is 0 Å². The average Bonchev–Trinajstić information content (AvgIpc) is 3.01. The Morgan fingerprint density at radius 3 is 2.86 bits per heavy atom. The molecular formula is C14H15FN4O2. The van der Waals surface area contributed by atoms with Crippen LogP contribution in [0.3, 0.4) is 0 Å². The number of carbonyl (C=O) groups is 1. The molecule has 1 fully saturated rings. The Morgan fingerprint density at radius 1 is 1.48 bits per heavy atom. The van der Waals surface area contributed by atoms with Crippen molar-refractivity contribution in [3.05, 3.63) is 30.1 Å². The van der Waals surface area contributed by atoms with Crippen LogP contribution in [0.2, 0.25) is 0 Å². The summed E-state index contributed by atoms with van der Waals surface area (Å²) in [6.07, 6.45) is 1.87. The highest BCUT2D eigenvalue weighted by Crippen LogP contribution is 2.10. The van der Waals surface area contributed by atoms with Gasteiger partial charge in [-0.15, -0.1) is 0 Å².